The van der Waals surface area contributed by atoms with Gasteiger partial charge < -0.3 is 10.4 Å². The molecule has 5 heteroatoms. The summed E-state index contributed by atoms with van der Waals surface area (Å²) in [5.74, 6) is -1.32. The van der Waals surface area contributed by atoms with Crippen molar-refractivity contribution in [3.63, 3.8) is 0 Å². The molecule has 2 aromatic rings. The molecule has 0 fully saturated rings. The van der Waals surface area contributed by atoms with Crippen LogP contribution in [0.25, 0.3) is 0 Å². The number of hydrogen-bond donors (Lipinski definition) is 2. The van der Waals surface area contributed by atoms with E-state index in [1.54, 1.807) is 44.3 Å². The lowest BCUT2D eigenvalue weighted by Crippen LogP contribution is -2.15. The standard InChI is InChI=1S/C15H14N2O3/c1-9-11(15(19)20)5-3-7-13(9)17-14(18)12-6-4-8-16-10(12)2/h3-8H,1-2H3,(H,17,18)(H,19,20). The van der Waals surface area contributed by atoms with E-state index in [9.17, 15) is 9.59 Å². The third-order valence-electron chi connectivity index (χ3n) is 3.06. The number of hydrogen-bond acceptors (Lipinski definition) is 3. The van der Waals surface area contributed by atoms with Crippen molar-refractivity contribution >= 4 is 17.6 Å². The van der Waals surface area contributed by atoms with Crippen LogP contribution in [0.4, 0.5) is 5.69 Å². The molecular formula is C15H14N2O3. The number of nitrogens with zero attached hydrogens (tertiary/aromatic N) is 1. The molecule has 0 spiro atoms. The Labute approximate surface area is 116 Å². The number of aromatic nitrogens is 1. The molecule has 20 heavy (non-hydrogen) atoms. The van der Waals surface area contributed by atoms with Gasteiger partial charge >= 0.3 is 5.97 Å². The number of anilines is 1. The minimum Gasteiger partial charge on any atom is -0.478 e. The van der Waals surface area contributed by atoms with E-state index in [2.05, 4.69) is 10.3 Å². The number of benzene rings is 1. The fourth-order valence-electron chi connectivity index (χ4n) is 1.92. The highest BCUT2D eigenvalue weighted by atomic mass is 16.4. The molecule has 0 aliphatic heterocycles. The zero-order valence-electron chi connectivity index (χ0n) is 11.2. The van der Waals surface area contributed by atoms with Gasteiger partial charge in [-0.1, -0.05) is 6.07 Å². The maximum Gasteiger partial charge on any atom is 0.336 e. The summed E-state index contributed by atoms with van der Waals surface area (Å²) in [7, 11) is 0. The Morgan fingerprint density at radius 3 is 2.45 bits per heavy atom. The van der Waals surface area contributed by atoms with Gasteiger partial charge in [0.2, 0.25) is 0 Å². The summed E-state index contributed by atoms with van der Waals surface area (Å²) >= 11 is 0. The van der Waals surface area contributed by atoms with Gasteiger partial charge in [-0.25, -0.2) is 4.79 Å². The number of carboxylic acids is 1. The Balaban J connectivity index is 2.32. The van der Waals surface area contributed by atoms with Crippen LogP contribution < -0.4 is 5.32 Å². The summed E-state index contributed by atoms with van der Waals surface area (Å²) in [6, 6.07) is 8.13. The number of aryl methyl sites for hydroxylation is 1. The Morgan fingerprint density at radius 1 is 1.10 bits per heavy atom. The second-order valence-electron chi connectivity index (χ2n) is 4.37. The molecule has 2 N–H and O–H groups in total. The fraction of sp³-hybridized carbons (Fsp3) is 0.133. The van der Waals surface area contributed by atoms with Crippen LogP contribution in [0.1, 0.15) is 32.0 Å². The SMILES string of the molecule is Cc1ncccc1C(=O)Nc1cccc(C(=O)O)c1C. The number of carboxylic acid groups (broad SMARTS) is 1. The highest BCUT2D eigenvalue weighted by molar-refractivity contribution is 6.06. The molecule has 5 nitrogen and oxygen atoms in total. The summed E-state index contributed by atoms with van der Waals surface area (Å²) in [5, 5.41) is 11.8. The predicted octanol–water partition coefficient (Wildman–Crippen LogP) is 2.65. The first kappa shape index (κ1) is 13.7. The van der Waals surface area contributed by atoms with Crippen LogP contribution in [0.2, 0.25) is 0 Å². The molecule has 0 saturated heterocycles. The Bertz CT molecular complexity index is 681. The predicted molar refractivity (Wildman–Crippen MR) is 75.1 cm³/mol. The van der Waals surface area contributed by atoms with E-state index < -0.39 is 5.97 Å². The van der Waals surface area contributed by atoms with Gasteiger partial charge in [0.25, 0.3) is 5.91 Å². The van der Waals surface area contributed by atoms with Crippen molar-refractivity contribution in [2.45, 2.75) is 13.8 Å². The molecule has 1 aromatic carbocycles. The van der Waals surface area contributed by atoms with E-state index in [4.69, 9.17) is 5.11 Å². The quantitative estimate of drug-likeness (QED) is 0.898. The van der Waals surface area contributed by atoms with Crippen molar-refractivity contribution in [2.24, 2.45) is 0 Å². The molecule has 102 valence electrons. The maximum absolute atomic E-state index is 12.2. The van der Waals surface area contributed by atoms with E-state index in [1.807, 2.05) is 0 Å². The lowest BCUT2D eigenvalue weighted by Gasteiger charge is -2.11. The first-order chi connectivity index (χ1) is 9.50. The molecule has 0 aliphatic rings. The molecule has 0 aliphatic carbocycles. The number of carbonyl (C=O) groups excluding carboxylic acids is 1. The zero-order valence-corrected chi connectivity index (χ0v) is 11.2. The normalized spacial score (nSPS) is 10.1. The average molecular weight is 270 g/mol. The van der Waals surface area contributed by atoms with Gasteiger partial charge in [-0.15, -0.1) is 0 Å². The number of nitrogens with one attached hydrogen (secondary N) is 1. The molecule has 0 atom stereocenters. The highest BCUT2D eigenvalue weighted by Crippen LogP contribution is 2.20. The lowest BCUT2D eigenvalue weighted by atomic mass is 10.1. The van der Waals surface area contributed by atoms with Crippen LogP contribution in [0.5, 0.6) is 0 Å². The molecule has 2 rings (SSSR count). The Hall–Kier alpha value is -2.69. The van der Waals surface area contributed by atoms with E-state index in [1.165, 1.54) is 6.07 Å². The summed E-state index contributed by atoms with van der Waals surface area (Å²) in [5.41, 5.74) is 2.27. The summed E-state index contributed by atoms with van der Waals surface area (Å²) in [4.78, 5) is 27.3. The monoisotopic (exact) mass is 270 g/mol. The van der Waals surface area contributed by atoms with E-state index >= 15 is 0 Å². The van der Waals surface area contributed by atoms with Crippen LogP contribution >= 0.6 is 0 Å². The molecule has 1 heterocycles. The molecule has 0 bridgehead atoms. The van der Waals surface area contributed by atoms with Gasteiger partial charge in [0.05, 0.1) is 11.1 Å². The third-order valence-corrected chi connectivity index (χ3v) is 3.06. The summed E-state index contributed by atoms with van der Waals surface area (Å²) in [6.07, 6.45) is 1.61. The average Bonchev–Trinajstić information content (AvgIpc) is 2.41. The van der Waals surface area contributed by atoms with Crippen molar-refractivity contribution < 1.29 is 14.7 Å². The van der Waals surface area contributed by atoms with Gasteiger partial charge in [0, 0.05) is 17.6 Å². The van der Waals surface area contributed by atoms with E-state index in [-0.39, 0.29) is 11.5 Å². The van der Waals surface area contributed by atoms with Crippen LogP contribution in [0.3, 0.4) is 0 Å². The lowest BCUT2D eigenvalue weighted by molar-refractivity contribution is 0.0695. The van der Waals surface area contributed by atoms with Gasteiger partial charge in [-0.05, 0) is 43.7 Å². The highest BCUT2D eigenvalue weighted by Gasteiger charge is 2.14. The maximum atomic E-state index is 12.2. The van der Waals surface area contributed by atoms with Crippen LogP contribution in [0, 0.1) is 13.8 Å². The van der Waals surface area contributed by atoms with Crippen molar-refractivity contribution in [2.75, 3.05) is 5.32 Å². The van der Waals surface area contributed by atoms with Crippen LogP contribution in [0.15, 0.2) is 36.5 Å². The van der Waals surface area contributed by atoms with Crippen molar-refractivity contribution in [1.29, 1.82) is 0 Å². The first-order valence-corrected chi connectivity index (χ1v) is 6.06. The van der Waals surface area contributed by atoms with E-state index in [0.717, 1.165) is 0 Å². The van der Waals surface area contributed by atoms with Crippen molar-refractivity contribution in [1.82, 2.24) is 4.98 Å². The largest absolute Gasteiger partial charge is 0.478 e. The van der Waals surface area contributed by atoms with Gasteiger partial charge in [0.1, 0.15) is 0 Å². The minimum atomic E-state index is -1.02. The number of aromatic carboxylic acids is 1. The van der Waals surface area contributed by atoms with Gasteiger partial charge in [-0.3, -0.25) is 9.78 Å². The van der Waals surface area contributed by atoms with Crippen LogP contribution in [-0.4, -0.2) is 22.0 Å². The third kappa shape index (κ3) is 2.66. The smallest absolute Gasteiger partial charge is 0.336 e. The summed E-state index contributed by atoms with van der Waals surface area (Å²) in [6.45, 7) is 3.41. The van der Waals surface area contributed by atoms with Gasteiger partial charge in [-0.2, -0.15) is 0 Å². The Morgan fingerprint density at radius 2 is 1.80 bits per heavy atom. The van der Waals surface area contributed by atoms with E-state index in [0.29, 0.717) is 22.5 Å². The number of amides is 1. The van der Waals surface area contributed by atoms with Crippen molar-refractivity contribution in [3.8, 4) is 0 Å². The molecule has 0 saturated carbocycles. The fourth-order valence-corrected chi connectivity index (χ4v) is 1.92. The first-order valence-electron chi connectivity index (χ1n) is 6.06. The number of rotatable bonds is 3. The van der Waals surface area contributed by atoms with Crippen molar-refractivity contribution in [3.05, 3.63) is 58.9 Å². The number of pyridine rings is 1. The Kier molecular flexibility index (Phi) is 3.79. The second kappa shape index (κ2) is 5.52. The molecule has 0 radical (unpaired) electrons. The molecule has 1 aromatic heterocycles. The molecule has 0 unspecified atom stereocenters. The second-order valence-corrected chi connectivity index (χ2v) is 4.37. The van der Waals surface area contributed by atoms with Crippen LogP contribution in [-0.2, 0) is 0 Å². The topological polar surface area (TPSA) is 79.3 Å². The van der Waals surface area contributed by atoms with Gasteiger partial charge in [0.15, 0.2) is 0 Å². The zero-order chi connectivity index (χ0) is 14.7. The molecular weight excluding hydrogens is 256 g/mol. The number of carbonyl (C=O) groups is 2. The minimum absolute atomic E-state index is 0.172. The summed E-state index contributed by atoms with van der Waals surface area (Å²) < 4.78 is 0. The molecule has 1 amide bonds.